The second-order valence-electron chi connectivity index (χ2n) is 5.68. The number of hydrogen-bond donors (Lipinski definition) is 1. The molecule has 0 spiro atoms. The van der Waals surface area contributed by atoms with Crippen molar-refractivity contribution in [2.75, 3.05) is 20.7 Å². The van der Waals surface area contributed by atoms with Crippen LogP contribution in [0.25, 0.3) is 0 Å². The van der Waals surface area contributed by atoms with E-state index in [-0.39, 0.29) is 0 Å². The van der Waals surface area contributed by atoms with E-state index in [1.54, 1.807) is 7.11 Å². The van der Waals surface area contributed by atoms with Gasteiger partial charge in [0, 0.05) is 23.7 Å². The third-order valence-electron chi connectivity index (χ3n) is 4.30. The van der Waals surface area contributed by atoms with Gasteiger partial charge in [0.15, 0.2) is 0 Å². The van der Waals surface area contributed by atoms with Crippen molar-refractivity contribution in [1.29, 1.82) is 0 Å². The summed E-state index contributed by atoms with van der Waals surface area (Å²) in [6.07, 6.45) is 2.44. The van der Waals surface area contributed by atoms with Crippen LogP contribution in [-0.4, -0.2) is 37.7 Å². The van der Waals surface area contributed by atoms with Crippen molar-refractivity contribution in [2.24, 2.45) is 0 Å². The molecule has 1 aliphatic rings. The highest BCUT2D eigenvalue weighted by molar-refractivity contribution is 5.35. The van der Waals surface area contributed by atoms with Gasteiger partial charge in [-0.3, -0.25) is 0 Å². The maximum absolute atomic E-state index is 5.45. The molecule has 1 saturated heterocycles. The van der Waals surface area contributed by atoms with Crippen LogP contribution in [-0.2, 0) is 0 Å². The van der Waals surface area contributed by atoms with Crippen LogP contribution >= 0.6 is 0 Å². The molecule has 0 radical (unpaired) electrons. The van der Waals surface area contributed by atoms with Crippen molar-refractivity contribution in [3.63, 3.8) is 0 Å². The molecule has 106 valence electrons. The summed E-state index contributed by atoms with van der Waals surface area (Å²) < 4.78 is 5.45. The lowest BCUT2D eigenvalue weighted by atomic mass is 9.97. The number of ether oxygens (including phenoxy) is 1. The molecule has 0 aromatic heterocycles. The maximum atomic E-state index is 5.45. The molecule has 1 aliphatic heterocycles. The van der Waals surface area contributed by atoms with E-state index >= 15 is 0 Å². The second kappa shape index (κ2) is 6.40. The van der Waals surface area contributed by atoms with Gasteiger partial charge in [0.05, 0.1) is 7.11 Å². The summed E-state index contributed by atoms with van der Waals surface area (Å²) in [5.74, 6) is 0.975. The smallest absolute Gasteiger partial charge is 0.123 e. The fourth-order valence-electron chi connectivity index (χ4n) is 2.91. The molecule has 3 heteroatoms. The molecule has 0 aliphatic carbocycles. The first-order chi connectivity index (χ1) is 9.11. The molecule has 1 aromatic carbocycles. The number of benzene rings is 1. The average molecular weight is 262 g/mol. The third kappa shape index (κ3) is 3.48. The Morgan fingerprint density at radius 1 is 1.37 bits per heavy atom. The number of hydrogen-bond acceptors (Lipinski definition) is 3. The molecule has 0 amide bonds. The summed E-state index contributed by atoms with van der Waals surface area (Å²) in [5, 5.41) is 3.75. The van der Waals surface area contributed by atoms with Crippen LogP contribution in [0.1, 0.15) is 38.3 Å². The van der Waals surface area contributed by atoms with Gasteiger partial charge in [-0.1, -0.05) is 18.2 Å². The SMILES string of the molecule is COc1ccccc1[C@H](C)NC1CCN(C)C(C)C1. The lowest BCUT2D eigenvalue weighted by Gasteiger charge is -2.37. The van der Waals surface area contributed by atoms with Gasteiger partial charge >= 0.3 is 0 Å². The summed E-state index contributed by atoms with van der Waals surface area (Å²) >= 11 is 0. The minimum absolute atomic E-state index is 0.330. The standard InChI is InChI=1S/C16H26N2O/c1-12-11-14(9-10-18(12)3)17-13(2)15-7-5-6-8-16(15)19-4/h5-8,12-14,17H,9-11H2,1-4H3/t12?,13-,14?/m0/s1. The molecule has 19 heavy (non-hydrogen) atoms. The Morgan fingerprint density at radius 2 is 2.11 bits per heavy atom. The van der Waals surface area contributed by atoms with E-state index in [4.69, 9.17) is 4.74 Å². The fraction of sp³-hybridized carbons (Fsp3) is 0.625. The van der Waals surface area contributed by atoms with Crippen LogP contribution in [0, 0.1) is 0 Å². The zero-order valence-electron chi connectivity index (χ0n) is 12.5. The summed E-state index contributed by atoms with van der Waals surface area (Å²) in [7, 11) is 3.95. The van der Waals surface area contributed by atoms with Crippen LogP contribution in [0.15, 0.2) is 24.3 Å². The number of nitrogens with one attached hydrogen (secondary N) is 1. The lowest BCUT2D eigenvalue weighted by molar-refractivity contribution is 0.163. The van der Waals surface area contributed by atoms with E-state index in [9.17, 15) is 0 Å². The first-order valence-electron chi connectivity index (χ1n) is 7.21. The topological polar surface area (TPSA) is 24.5 Å². The number of methoxy groups -OCH3 is 1. The lowest BCUT2D eigenvalue weighted by Crippen LogP contribution is -2.46. The van der Waals surface area contributed by atoms with E-state index in [2.05, 4.69) is 43.2 Å². The predicted octanol–water partition coefficient (Wildman–Crippen LogP) is 2.83. The minimum Gasteiger partial charge on any atom is -0.496 e. The zero-order chi connectivity index (χ0) is 13.8. The van der Waals surface area contributed by atoms with E-state index in [0.29, 0.717) is 18.1 Å². The number of nitrogens with zero attached hydrogens (tertiary/aromatic N) is 1. The molecule has 1 N–H and O–H groups in total. The second-order valence-corrected chi connectivity index (χ2v) is 5.68. The molecular formula is C16H26N2O. The summed E-state index contributed by atoms with van der Waals surface area (Å²) in [5.41, 5.74) is 1.25. The zero-order valence-corrected chi connectivity index (χ0v) is 12.5. The van der Waals surface area contributed by atoms with Gasteiger partial charge in [0.25, 0.3) is 0 Å². The first-order valence-corrected chi connectivity index (χ1v) is 7.21. The highest BCUT2D eigenvalue weighted by atomic mass is 16.5. The Hall–Kier alpha value is -1.06. The van der Waals surface area contributed by atoms with Crippen molar-refractivity contribution < 1.29 is 4.74 Å². The van der Waals surface area contributed by atoms with Crippen molar-refractivity contribution in [3.05, 3.63) is 29.8 Å². The van der Waals surface area contributed by atoms with Crippen molar-refractivity contribution in [1.82, 2.24) is 10.2 Å². The minimum atomic E-state index is 0.330. The van der Waals surface area contributed by atoms with Gasteiger partial charge in [-0.15, -0.1) is 0 Å². The average Bonchev–Trinajstić information content (AvgIpc) is 2.43. The highest BCUT2D eigenvalue weighted by Crippen LogP contribution is 2.26. The quantitative estimate of drug-likeness (QED) is 0.903. The Balaban J connectivity index is 1.99. The molecule has 0 saturated carbocycles. The van der Waals surface area contributed by atoms with Crippen LogP contribution in [0.3, 0.4) is 0 Å². The van der Waals surface area contributed by atoms with Crippen LogP contribution in [0.5, 0.6) is 5.75 Å². The number of likely N-dealkylation sites (tertiary alicyclic amines) is 1. The van der Waals surface area contributed by atoms with Gasteiger partial charge in [-0.2, -0.15) is 0 Å². The first kappa shape index (κ1) is 14.4. The number of piperidine rings is 1. The molecule has 2 rings (SSSR count). The number of rotatable bonds is 4. The van der Waals surface area contributed by atoms with Gasteiger partial charge in [-0.05, 0) is 46.3 Å². The molecule has 1 heterocycles. The van der Waals surface area contributed by atoms with Crippen LogP contribution in [0.2, 0.25) is 0 Å². The Labute approximate surface area is 116 Å². The molecular weight excluding hydrogens is 236 g/mol. The summed E-state index contributed by atoms with van der Waals surface area (Å²) in [6, 6.07) is 9.87. The van der Waals surface area contributed by atoms with Crippen LogP contribution < -0.4 is 10.1 Å². The maximum Gasteiger partial charge on any atom is 0.123 e. The van der Waals surface area contributed by atoms with Crippen LogP contribution in [0.4, 0.5) is 0 Å². The summed E-state index contributed by atoms with van der Waals surface area (Å²) in [6.45, 7) is 5.71. The van der Waals surface area contributed by atoms with Gasteiger partial charge < -0.3 is 15.0 Å². The molecule has 2 unspecified atom stereocenters. The monoisotopic (exact) mass is 262 g/mol. The number of para-hydroxylation sites is 1. The van der Waals surface area contributed by atoms with Gasteiger partial charge in [0.2, 0.25) is 0 Å². The normalized spacial score (nSPS) is 26.1. The van der Waals surface area contributed by atoms with E-state index < -0.39 is 0 Å². The molecule has 1 aromatic rings. The Morgan fingerprint density at radius 3 is 2.79 bits per heavy atom. The molecule has 0 bridgehead atoms. The Bertz CT molecular complexity index is 407. The van der Waals surface area contributed by atoms with E-state index in [1.165, 1.54) is 24.9 Å². The Kier molecular flexibility index (Phi) is 4.83. The largest absolute Gasteiger partial charge is 0.496 e. The van der Waals surface area contributed by atoms with Gasteiger partial charge in [0.1, 0.15) is 5.75 Å². The van der Waals surface area contributed by atoms with Gasteiger partial charge in [-0.25, -0.2) is 0 Å². The fourth-order valence-corrected chi connectivity index (χ4v) is 2.91. The van der Waals surface area contributed by atoms with Crippen molar-refractivity contribution >= 4 is 0 Å². The van der Waals surface area contributed by atoms with Crippen molar-refractivity contribution in [3.8, 4) is 5.75 Å². The van der Waals surface area contributed by atoms with Crippen molar-refractivity contribution in [2.45, 2.75) is 44.8 Å². The highest BCUT2D eigenvalue weighted by Gasteiger charge is 2.24. The van der Waals surface area contributed by atoms with E-state index in [0.717, 1.165) is 5.75 Å². The molecule has 3 atom stereocenters. The molecule has 3 nitrogen and oxygen atoms in total. The van der Waals surface area contributed by atoms with E-state index in [1.807, 2.05) is 12.1 Å². The third-order valence-corrected chi connectivity index (χ3v) is 4.30. The molecule has 1 fully saturated rings. The summed E-state index contributed by atoms with van der Waals surface area (Å²) in [4.78, 5) is 2.44. The predicted molar refractivity (Wildman–Crippen MR) is 79.7 cm³/mol.